The summed E-state index contributed by atoms with van der Waals surface area (Å²) >= 11 is 0. The normalized spacial score (nSPS) is 19.5. The summed E-state index contributed by atoms with van der Waals surface area (Å²) in [5.41, 5.74) is 10.3. The number of ether oxygens (including phenoxy) is 2. The summed E-state index contributed by atoms with van der Waals surface area (Å²) in [4.78, 5) is 25.3. The molecule has 5 rings (SSSR count). The zero-order chi connectivity index (χ0) is 23.1. The molecule has 0 bridgehead atoms. The lowest BCUT2D eigenvalue weighted by molar-refractivity contribution is 0.0157. The zero-order valence-electron chi connectivity index (χ0n) is 17.4. The van der Waals surface area contributed by atoms with Crippen LogP contribution in [-0.2, 0) is 9.57 Å². The van der Waals surface area contributed by atoms with Crippen molar-refractivity contribution < 1.29 is 27.9 Å². The molecule has 2 aromatic heterocycles. The maximum atomic E-state index is 15.2. The summed E-state index contributed by atoms with van der Waals surface area (Å²) in [5.74, 6) is -0.324. The summed E-state index contributed by atoms with van der Waals surface area (Å²) in [7, 11) is 0. The Bertz CT molecular complexity index is 1250. The number of fused-ring (bicyclic) bond motifs is 2. The van der Waals surface area contributed by atoms with Gasteiger partial charge >= 0.3 is 6.09 Å². The Labute approximate surface area is 186 Å². The van der Waals surface area contributed by atoms with Gasteiger partial charge in [-0.3, -0.25) is 10.2 Å². The van der Waals surface area contributed by atoms with Gasteiger partial charge < -0.3 is 20.5 Å². The summed E-state index contributed by atoms with van der Waals surface area (Å²) in [6.07, 6.45) is 0.534. The third-order valence-corrected chi connectivity index (χ3v) is 5.45. The molecule has 12 heteroatoms. The summed E-state index contributed by atoms with van der Waals surface area (Å²) in [5, 5.41) is 6.38. The highest BCUT2D eigenvalue weighted by molar-refractivity contribution is 5.99. The van der Waals surface area contributed by atoms with Crippen molar-refractivity contribution in [3.05, 3.63) is 35.9 Å². The molecule has 2 aliphatic rings. The van der Waals surface area contributed by atoms with Crippen molar-refractivity contribution in [3.63, 3.8) is 0 Å². The third kappa shape index (κ3) is 3.94. The first-order chi connectivity index (χ1) is 15.9. The molecule has 2 unspecified atom stereocenters. The number of pyridine rings is 2. The number of amides is 1. The second-order valence-electron chi connectivity index (χ2n) is 7.60. The molecule has 2 aliphatic heterocycles. The van der Waals surface area contributed by atoms with Crippen molar-refractivity contribution in [2.75, 3.05) is 29.5 Å². The van der Waals surface area contributed by atoms with Crippen molar-refractivity contribution >= 4 is 34.1 Å². The van der Waals surface area contributed by atoms with Crippen LogP contribution in [0, 0.1) is 12.7 Å². The number of aromatic nitrogens is 2. The second kappa shape index (κ2) is 8.30. The summed E-state index contributed by atoms with van der Waals surface area (Å²) in [6.45, 7) is 2.15. The third-order valence-electron chi connectivity index (χ3n) is 5.45. The number of nitrogens with two attached hydrogens (primary N) is 1. The maximum absolute atomic E-state index is 15.2. The number of halogens is 2. The van der Waals surface area contributed by atoms with Crippen molar-refractivity contribution in [2.24, 2.45) is 0 Å². The molecule has 2 atom stereocenters. The number of hydrogen-bond acceptors (Lipinski definition) is 9. The number of rotatable bonds is 3. The van der Waals surface area contributed by atoms with E-state index in [0.29, 0.717) is 40.6 Å². The fraction of sp³-hybridized carbons (Fsp3) is 0.286. The van der Waals surface area contributed by atoms with E-state index in [0.717, 1.165) is 0 Å². The lowest BCUT2D eigenvalue weighted by Gasteiger charge is -2.24. The van der Waals surface area contributed by atoms with Gasteiger partial charge in [0.2, 0.25) is 5.88 Å². The van der Waals surface area contributed by atoms with Gasteiger partial charge in [0.15, 0.2) is 12.0 Å². The number of nitrogen functional groups attached to an aromatic ring is 1. The molecule has 172 valence electrons. The molecule has 0 spiro atoms. The Hall–Kier alpha value is -3.77. The van der Waals surface area contributed by atoms with E-state index in [1.165, 1.54) is 12.4 Å². The topological polar surface area (TPSA) is 133 Å². The Kier molecular flexibility index (Phi) is 5.30. The quantitative estimate of drug-likeness (QED) is 0.437. The first-order valence-corrected chi connectivity index (χ1v) is 10.2. The predicted octanol–water partition coefficient (Wildman–Crippen LogP) is 3.23. The number of nitrogens with zero attached hydrogens (tertiary/aromatic N) is 2. The average Bonchev–Trinajstić information content (AvgIpc) is 3.29. The molecular weight excluding hydrogens is 438 g/mol. The molecule has 0 radical (unpaired) electrons. The van der Waals surface area contributed by atoms with Crippen LogP contribution in [0.2, 0.25) is 0 Å². The Balaban J connectivity index is 1.50. The van der Waals surface area contributed by atoms with Gasteiger partial charge in [-0.15, -0.1) is 0 Å². The van der Waals surface area contributed by atoms with Crippen LogP contribution in [0.5, 0.6) is 5.88 Å². The lowest BCUT2D eigenvalue weighted by Crippen LogP contribution is -2.29. The Morgan fingerprint density at radius 1 is 1.30 bits per heavy atom. The Morgan fingerprint density at radius 3 is 2.94 bits per heavy atom. The van der Waals surface area contributed by atoms with Gasteiger partial charge in [-0.25, -0.2) is 19.2 Å². The lowest BCUT2D eigenvalue weighted by atomic mass is 9.97. The van der Waals surface area contributed by atoms with Gasteiger partial charge in [0, 0.05) is 35.3 Å². The van der Waals surface area contributed by atoms with Crippen LogP contribution in [-0.4, -0.2) is 41.8 Å². The molecule has 1 saturated heterocycles. The summed E-state index contributed by atoms with van der Waals surface area (Å²) in [6, 6.07) is 3.15. The van der Waals surface area contributed by atoms with Gasteiger partial charge in [0.1, 0.15) is 11.5 Å². The van der Waals surface area contributed by atoms with Gasteiger partial charge in [0.05, 0.1) is 18.8 Å². The summed E-state index contributed by atoms with van der Waals surface area (Å²) < 4.78 is 39.0. The fourth-order valence-electron chi connectivity index (χ4n) is 3.78. The van der Waals surface area contributed by atoms with Crippen molar-refractivity contribution in [1.29, 1.82) is 0 Å². The van der Waals surface area contributed by atoms with E-state index in [2.05, 4.69) is 26.1 Å². The first kappa shape index (κ1) is 21.1. The molecular formula is C21H20F2N6O4. The number of benzene rings is 1. The largest absolute Gasteiger partial charge is 0.440 e. The minimum atomic E-state index is -1.51. The maximum Gasteiger partial charge on any atom is 0.414 e. The molecule has 5 N–H and O–H groups in total. The van der Waals surface area contributed by atoms with Gasteiger partial charge in [0.25, 0.3) is 6.36 Å². The minimum Gasteiger partial charge on any atom is -0.440 e. The van der Waals surface area contributed by atoms with E-state index in [1.807, 2.05) is 0 Å². The molecule has 0 saturated carbocycles. The van der Waals surface area contributed by atoms with Gasteiger partial charge in [-0.1, -0.05) is 0 Å². The molecule has 10 nitrogen and oxygen atoms in total. The highest BCUT2D eigenvalue weighted by Gasteiger charge is 2.25. The average molecular weight is 458 g/mol. The van der Waals surface area contributed by atoms with E-state index in [4.69, 9.17) is 20.0 Å². The molecule has 1 aromatic carbocycles. The van der Waals surface area contributed by atoms with Crippen LogP contribution in [0.4, 0.5) is 30.8 Å². The van der Waals surface area contributed by atoms with Gasteiger partial charge in [-0.2, -0.15) is 9.87 Å². The van der Waals surface area contributed by atoms with E-state index in [9.17, 15) is 9.18 Å². The van der Waals surface area contributed by atoms with Crippen molar-refractivity contribution in [2.45, 2.75) is 25.9 Å². The van der Waals surface area contributed by atoms with Gasteiger partial charge in [-0.05, 0) is 30.0 Å². The molecule has 1 fully saturated rings. The highest BCUT2D eigenvalue weighted by Crippen LogP contribution is 2.40. The van der Waals surface area contributed by atoms with E-state index in [1.54, 1.807) is 19.1 Å². The van der Waals surface area contributed by atoms with E-state index < -0.39 is 24.5 Å². The zero-order valence-corrected chi connectivity index (χ0v) is 17.4. The number of hydroxylamine groups is 1. The van der Waals surface area contributed by atoms with Crippen LogP contribution >= 0.6 is 0 Å². The van der Waals surface area contributed by atoms with Crippen LogP contribution in [0.3, 0.4) is 0 Å². The highest BCUT2D eigenvalue weighted by atomic mass is 19.1. The standard InChI is InChI=1S/C21H20F2N6O4/c1-9-12(6-27-20-19(9)26-8-14(22)32-20)11-4-10-5-15(25-7-13(10)18(24)17(11)23)28-21(30)33-16-2-3-31-29-16/h4-7,14,16,26,29H,2-3,8,24H2,1H3,(H,25,28,30). The monoisotopic (exact) mass is 458 g/mol. The molecule has 4 heterocycles. The fourth-order valence-corrected chi connectivity index (χ4v) is 3.78. The molecule has 1 amide bonds. The SMILES string of the molecule is Cc1c(-c2cc3cc(NC(=O)OC4CCON4)ncc3c(N)c2F)cnc2c1NCC(F)O2. The number of anilines is 3. The van der Waals surface area contributed by atoms with Crippen molar-refractivity contribution in [3.8, 4) is 17.0 Å². The number of carbonyl (C=O) groups excluding carboxylic acids is 1. The van der Waals surface area contributed by atoms with Crippen molar-refractivity contribution in [1.82, 2.24) is 15.4 Å². The molecule has 3 aromatic rings. The number of nitrogens with one attached hydrogen (secondary N) is 3. The molecule has 33 heavy (non-hydrogen) atoms. The van der Waals surface area contributed by atoms with Crippen LogP contribution in [0.25, 0.3) is 21.9 Å². The number of alkyl halides is 1. The smallest absolute Gasteiger partial charge is 0.414 e. The van der Waals surface area contributed by atoms with E-state index in [-0.39, 0.29) is 29.5 Å². The van der Waals surface area contributed by atoms with E-state index >= 15 is 4.39 Å². The number of carbonyl (C=O) groups is 1. The first-order valence-electron chi connectivity index (χ1n) is 10.2. The minimum absolute atomic E-state index is 0.0411. The van der Waals surface area contributed by atoms with Crippen LogP contribution in [0.1, 0.15) is 12.0 Å². The Morgan fingerprint density at radius 2 is 2.15 bits per heavy atom. The predicted molar refractivity (Wildman–Crippen MR) is 116 cm³/mol. The number of hydrogen-bond donors (Lipinski definition) is 4. The molecule has 0 aliphatic carbocycles. The van der Waals surface area contributed by atoms with Crippen LogP contribution < -0.4 is 26.6 Å². The second-order valence-corrected chi connectivity index (χ2v) is 7.60. The van der Waals surface area contributed by atoms with Crippen LogP contribution in [0.15, 0.2) is 24.5 Å².